The molecule has 1 aliphatic heterocycles. The molecule has 0 bridgehead atoms. The number of nitrogens with zero attached hydrogens (tertiary/aromatic N) is 2. The van der Waals surface area contributed by atoms with Gasteiger partial charge in [0.2, 0.25) is 15.8 Å². The van der Waals surface area contributed by atoms with E-state index in [4.69, 9.17) is 0 Å². The Morgan fingerprint density at radius 2 is 1.88 bits per heavy atom. The highest BCUT2D eigenvalue weighted by atomic mass is 32.2. The number of aromatic amines is 1. The molecule has 0 saturated heterocycles. The van der Waals surface area contributed by atoms with E-state index in [0.29, 0.717) is 29.2 Å². The van der Waals surface area contributed by atoms with E-state index >= 15 is 0 Å². The lowest BCUT2D eigenvalue weighted by Crippen LogP contribution is -2.23. The molecule has 0 spiro atoms. The second kappa shape index (κ2) is 8.36. The van der Waals surface area contributed by atoms with Crippen molar-refractivity contribution in [3.05, 3.63) is 57.7 Å². The fourth-order valence-corrected chi connectivity index (χ4v) is 5.02. The van der Waals surface area contributed by atoms with Gasteiger partial charge in [0.15, 0.2) is 10.9 Å². The number of sulfonamides is 1. The number of H-pyrrole nitrogens is 1. The summed E-state index contributed by atoms with van der Waals surface area (Å²) in [7, 11) is -3.48. The van der Waals surface area contributed by atoms with Gasteiger partial charge in [-0.05, 0) is 23.1 Å². The van der Waals surface area contributed by atoms with Crippen molar-refractivity contribution in [1.82, 2.24) is 20.5 Å². The number of ketones is 1. The quantitative estimate of drug-likeness (QED) is 0.390. The summed E-state index contributed by atoms with van der Waals surface area (Å²) in [5.41, 5.74) is 3.00. The van der Waals surface area contributed by atoms with Crippen LogP contribution in [0.3, 0.4) is 0 Å². The Labute approximate surface area is 195 Å². The number of hydrogen-bond acceptors (Lipinski definition) is 8. The number of fused-ring (bicyclic) bond motifs is 1. The van der Waals surface area contributed by atoms with Crippen LogP contribution in [0.1, 0.15) is 64.5 Å². The number of benzene rings is 1. The molecular formula is C21H24N6O4S2. The minimum atomic E-state index is -3.48. The van der Waals surface area contributed by atoms with Crippen LogP contribution >= 0.6 is 11.3 Å². The maximum Gasteiger partial charge on any atom is 0.256 e. The maximum absolute atomic E-state index is 12.9. The third-order valence-corrected chi connectivity index (χ3v) is 6.66. The molecule has 10 nitrogen and oxygen atoms in total. The van der Waals surface area contributed by atoms with E-state index in [0.717, 1.165) is 23.2 Å². The fourth-order valence-electron chi connectivity index (χ4n) is 3.47. The highest BCUT2D eigenvalue weighted by molar-refractivity contribution is 7.92. The smallest absolute Gasteiger partial charge is 0.256 e. The lowest BCUT2D eigenvalue weighted by atomic mass is 9.87. The molecule has 1 unspecified atom stereocenters. The Hall–Kier alpha value is -3.09. The van der Waals surface area contributed by atoms with Crippen molar-refractivity contribution in [2.75, 3.05) is 16.3 Å². The summed E-state index contributed by atoms with van der Waals surface area (Å²) < 4.78 is 25.0. The van der Waals surface area contributed by atoms with Crippen LogP contribution in [0.4, 0.5) is 10.9 Å². The first-order valence-electron chi connectivity index (χ1n) is 10.1. The van der Waals surface area contributed by atoms with Crippen molar-refractivity contribution in [1.29, 1.82) is 0 Å². The van der Waals surface area contributed by atoms with Gasteiger partial charge in [0.1, 0.15) is 11.7 Å². The van der Waals surface area contributed by atoms with Gasteiger partial charge in [-0.2, -0.15) is 5.10 Å². The standard InChI is InChI=1S/C21H24N6O4S2/c1-21(2,3)12-7-5-11(6-8-12)19(29)24-18-13-9-22-16(15(13)25-26-18)17(28)14-10-32-20(23-14)27-33(4,30)31/h5-8,10,16,22H,9H2,1-4H3,(H,23,27)(H2,24,25,26,29). The molecule has 2 aromatic heterocycles. The lowest BCUT2D eigenvalue weighted by Gasteiger charge is -2.19. The average molecular weight is 489 g/mol. The number of carbonyl (C=O) groups is 2. The van der Waals surface area contributed by atoms with Crippen LogP contribution < -0.4 is 15.4 Å². The molecule has 3 aromatic rings. The predicted molar refractivity (Wildman–Crippen MR) is 126 cm³/mol. The van der Waals surface area contributed by atoms with Crippen LogP contribution in [-0.4, -0.2) is 41.5 Å². The molecule has 4 N–H and O–H groups in total. The minimum absolute atomic E-state index is 0.00975. The Kier molecular flexibility index (Phi) is 5.85. The summed E-state index contributed by atoms with van der Waals surface area (Å²) in [5, 5.41) is 14.5. The number of carbonyl (C=O) groups excluding carboxylic acids is 2. The van der Waals surface area contributed by atoms with E-state index < -0.39 is 16.1 Å². The summed E-state index contributed by atoms with van der Waals surface area (Å²) in [6, 6.07) is 6.69. The molecule has 12 heteroatoms. The summed E-state index contributed by atoms with van der Waals surface area (Å²) in [6.07, 6.45) is 1.01. The minimum Gasteiger partial charge on any atom is -0.305 e. The largest absolute Gasteiger partial charge is 0.305 e. The van der Waals surface area contributed by atoms with Crippen LogP contribution in [-0.2, 0) is 22.0 Å². The second-order valence-electron chi connectivity index (χ2n) is 8.84. The van der Waals surface area contributed by atoms with Gasteiger partial charge in [-0.25, -0.2) is 13.4 Å². The highest BCUT2D eigenvalue weighted by Gasteiger charge is 2.34. The zero-order valence-electron chi connectivity index (χ0n) is 18.5. The van der Waals surface area contributed by atoms with E-state index in [2.05, 4.69) is 51.3 Å². The fraction of sp³-hybridized carbons (Fsp3) is 0.333. The van der Waals surface area contributed by atoms with E-state index in [1.165, 1.54) is 5.38 Å². The SMILES string of the molecule is CC(C)(C)c1ccc(C(=O)Nc2n[nH]c3c2CNC3C(=O)c2csc(NS(C)(=O)=O)n2)cc1. The van der Waals surface area contributed by atoms with Crippen molar-refractivity contribution in [2.45, 2.75) is 38.8 Å². The first kappa shape index (κ1) is 23.1. The van der Waals surface area contributed by atoms with Gasteiger partial charge in [0.05, 0.1) is 11.9 Å². The summed E-state index contributed by atoms with van der Waals surface area (Å²) >= 11 is 1.03. The molecule has 0 fully saturated rings. The molecular weight excluding hydrogens is 464 g/mol. The van der Waals surface area contributed by atoms with Crippen LogP contribution in [0.15, 0.2) is 29.6 Å². The maximum atomic E-state index is 12.9. The van der Waals surface area contributed by atoms with E-state index in [-0.39, 0.29) is 27.9 Å². The van der Waals surface area contributed by atoms with Gasteiger partial charge in [0, 0.05) is 23.1 Å². The van der Waals surface area contributed by atoms with Gasteiger partial charge >= 0.3 is 0 Å². The Morgan fingerprint density at radius 1 is 1.18 bits per heavy atom. The predicted octanol–water partition coefficient (Wildman–Crippen LogP) is 2.81. The number of nitrogens with one attached hydrogen (secondary N) is 4. The summed E-state index contributed by atoms with van der Waals surface area (Å²) in [6.45, 7) is 6.65. The van der Waals surface area contributed by atoms with Crippen LogP contribution in [0.2, 0.25) is 0 Å². The van der Waals surface area contributed by atoms with Crippen LogP contribution in [0.5, 0.6) is 0 Å². The number of thiazole rings is 1. The number of amides is 1. The zero-order chi connectivity index (χ0) is 24.0. The molecule has 174 valence electrons. The number of rotatable bonds is 6. The second-order valence-corrected chi connectivity index (χ2v) is 11.4. The average Bonchev–Trinajstić information content (AvgIpc) is 3.43. The number of Topliss-reactive ketones (excluding diaryl/α,β-unsaturated/α-hetero) is 1. The highest BCUT2D eigenvalue weighted by Crippen LogP contribution is 2.32. The molecule has 0 aliphatic carbocycles. The van der Waals surface area contributed by atoms with Gasteiger partial charge in [-0.15, -0.1) is 11.3 Å². The molecule has 0 saturated carbocycles. The summed E-state index contributed by atoms with van der Waals surface area (Å²) in [4.78, 5) is 29.7. The lowest BCUT2D eigenvalue weighted by molar-refractivity contribution is 0.0941. The van der Waals surface area contributed by atoms with Gasteiger partial charge in [0.25, 0.3) is 5.91 Å². The van der Waals surface area contributed by atoms with Crippen molar-refractivity contribution >= 4 is 44.0 Å². The van der Waals surface area contributed by atoms with Gasteiger partial charge in [-0.3, -0.25) is 24.7 Å². The van der Waals surface area contributed by atoms with Crippen LogP contribution in [0.25, 0.3) is 0 Å². The first-order valence-corrected chi connectivity index (χ1v) is 12.9. The molecule has 4 rings (SSSR count). The molecule has 1 aromatic carbocycles. The molecule has 0 radical (unpaired) electrons. The zero-order valence-corrected chi connectivity index (χ0v) is 20.1. The topological polar surface area (TPSA) is 146 Å². The molecule has 33 heavy (non-hydrogen) atoms. The Morgan fingerprint density at radius 3 is 2.52 bits per heavy atom. The molecule has 1 aliphatic rings. The number of anilines is 2. The van der Waals surface area contributed by atoms with Crippen LogP contribution in [0, 0.1) is 0 Å². The normalized spacial score (nSPS) is 15.8. The van der Waals surface area contributed by atoms with Gasteiger partial charge in [-0.1, -0.05) is 32.9 Å². The van der Waals surface area contributed by atoms with Crippen molar-refractivity contribution < 1.29 is 18.0 Å². The van der Waals surface area contributed by atoms with E-state index in [1.54, 1.807) is 12.1 Å². The summed E-state index contributed by atoms with van der Waals surface area (Å²) in [5.74, 6) is -0.267. The molecule has 1 amide bonds. The third kappa shape index (κ3) is 4.97. The third-order valence-electron chi connectivity index (χ3n) is 5.21. The van der Waals surface area contributed by atoms with E-state index in [9.17, 15) is 18.0 Å². The van der Waals surface area contributed by atoms with E-state index in [1.807, 2.05) is 12.1 Å². The van der Waals surface area contributed by atoms with Crippen molar-refractivity contribution in [3.8, 4) is 0 Å². The van der Waals surface area contributed by atoms with Crippen molar-refractivity contribution in [3.63, 3.8) is 0 Å². The number of hydrogen-bond donors (Lipinski definition) is 4. The monoisotopic (exact) mass is 488 g/mol. The Balaban J connectivity index is 1.48. The van der Waals surface area contributed by atoms with Gasteiger partial charge < -0.3 is 5.32 Å². The molecule has 3 heterocycles. The Bertz CT molecular complexity index is 1320. The molecule has 1 atom stereocenters. The number of aromatic nitrogens is 3. The first-order chi connectivity index (χ1) is 15.4. The van der Waals surface area contributed by atoms with Crippen molar-refractivity contribution in [2.24, 2.45) is 0 Å².